The average Bonchev–Trinajstić information content (AvgIpc) is 3.34. The third-order valence-electron chi connectivity index (χ3n) is 5.00. The zero-order valence-electron chi connectivity index (χ0n) is 15.4. The molecule has 9 nitrogen and oxygen atoms in total. The minimum absolute atomic E-state index is 0.223. The van der Waals surface area contributed by atoms with Gasteiger partial charge in [-0.05, 0) is 12.1 Å². The Balaban J connectivity index is 1.22. The van der Waals surface area contributed by atoms with Gasteiger partial charge in [-0.3, -0.25) is 4.79 Å². The Kier molecular flexibility index (Phi) is 4.01. The molecule has 2 aliphatic heterocycles. The monoisotopic (exact) mass is 391 g/mol. The molecular formula is C20H17N5O4. The molecule has 2 saturated heterocycles. The van der Waals surface area contributed by atoms with Crippen LogP contribution in [0.4, 0.5) is 4.79 Å². The molecule has 29 heavy (non-hydrogen) atoms. The number of nitrogens with one attached hydrogen (secondary N) is 1. The second-order valence-electron chi connectivity index (χ2n) is 7.17. The Hall–Kier alpha value is -3.75. The fraction of sp³-hybridized carbons (Fsp3) is 0.250. The van der Waals surface area contributed by atoms with Crippen molar-refractivity contribution in [1.29, 1.82) is 0 Å². The summed E-state index contributed by atoms with van der Waals surface area (Å²) in [7, 11) is 0. The lowest BCUT2D eigenvalue weighted by Gasteiger charge is -2.44. The summed E-state index contributed by atoms with van der Waals surface area (Å²) in [6.07, 6.45) is 1.23. The number of benzene rings is 1. The van der Waals surface area contributed by atoms with Gasteiger partial charge in [-0.25, -0.2) is 9.78 Å². The zero-order chi connectivity index (χ0) is 19.8. The number of alkyl carbamates (subject to hydrolysis) is 1. The van der Waals surface area contributed by atoms with Gasteiger partial charge in [-0.2, -0.15) is 10.2 Å². The van der Waals surface area contributed by atoms with E-state index in [0.717, 1.165) is 11.3 Å². The Morgan fingerprint density at radius 2 is 1.97 bits per heavy atom. The molecule has 2 amide bonds. The normalized spacial score (nSPS) is 17.0. The molecule has 0 bridgehead atoms. The van der Waals surface area contributed by atoms with Gasteiger partial charge in [0.25, 0.3) is 5.91 Å². The fourth-order valence-corrected chi connectivity index (χ4v) is 3.50. The van der Waals surface area contributed by atoms with Gasteiger partial charge >= 0.3 is 6.09 Å². The summed E-state index contributed by atoms with van der Waals surface area (Å²) in [5, 5.41) is 11.1. The first kappa shape index (κ1) is 17.4. The molecule has 3 aromatic rings. The molecule has 1 aromatic carbocycles. The van der Waals surface area contributed by atoms with Crippen LogP contribution in [0.1, 0.15) is 22.1 Å². The van der Waals surface area contributed by atoms with Crippen molar-refractivity contribution >= 4 is 12.0 Å². The SMILES string of the molecule is O=C1NCC2(CN(C(=O)c3coc(Cc4ccc(-c5ccccc5)nn4)n3)C2)O1. The number of rotatable bonds is 4. The van der Waals surface area contributed by atoms with Crippen molar-refractivity contribution in [1.82, 2.24) is 25.4 Å². The van der Waals surface area contributed by atoms with E-state index in [1.807, 2.05) is 42.5 Å². The van der Waals surface area contributed by atoms with Crippen molar-refractivity contribution in [2.24, 2.45) is 0 Å². The number of carbonyl (C=O) groups is 2. The predicted molar refractivity (Wildman–Crippen MR) is 99.9 cm³/mol. The number of oxazole rings is 1. The first-order chi connectivity index (χ1) is 14.1. The highest BCUT2D eigenvalue weighted by molar-refractivity contribution is 5.93. The highest BCUT2D eigenvalue weighted by Gasteiger charge is 2.52. The molecule has 2 aliphatic rings. The fourth-order valence-electron chi connectivity index (χ4n) is 3.50. The van der Waals surface area contributed by atoms with Gasteiger partial charge < -0.3 is 19.4 Å². The van der Waals surface area contributed by atoms with Crippen LogP contribution in [0.3, 0.4) is 0 Å². The highest BCUT2D eigenvalue weighted by atomic mass is 16.6. The lowest BCUT2D eigenvalue weighted by atomic mass is 9.94. The zero-order valence-corrected chi connectivity index (χ0v) is 15.4. The van der Waals surface area contributed by atoms with Crippen LogP contribution in [0.5, 0.6) is 0 Å². The van der Waals surface area contributed by atoms with Crippen LogP contribution in [-0.2, 0) is 11.2 Å². The molecule has 2 aromatic heterocycles. The van der Waals surface area contributed by atoms with E-state index in [2.05, 4.69) is 20.5 Å². The predicted octanol–water partition coefficient (Wildman–Crippen LogP) is 1.66. The summed E-state index contributed by atoms with van der Waals surface area (Å²) < 4.78 is 10.7. The Labute approximate surface area is 165 Å². The number of nitrogens with zero attached hydrogens (tertiary/aromatic N) is 4. The van der Waals surface area contributed by atoms with E-state index >= 15 is 0 Å². The maximum Gasteiger partial charge on any atom is 0.408 e. The first-order valence-corrected chi connectivity index (χ1v) is 9.19. The smallest absolute Gasteiger partial charge is 0.408 e. The third-order valence-corrected chi connectivity index (χ3v) is 5.00. The molecular weight excluding hydrogens is 374 g/mol. The van der Waals surface area contributed by atoms with Crippen LogP contribution < -0.4 is 5.32 Å². The standard InChI is InChI=1S/C20H17N5O4/c26-18(25-11-20(12-25)10-21-19(27)29-20)16-9-28-17(22-16)8-14-6-7-15(24-23-14)13-4-2-1-3-5-13/h1-7,9H,8,10-12H2,(H,21,27). The van der Waals surface area contributed by atoms with Crippen LogP contribution in [0.15, 0.2) is 53.1 Å². The van der Waals surface area contributed by atoms with Gasteiger partial charge in [0.05, 0.1) is 37.4 Å². The number of amides is 2. The molecule has 146 valence electrons. The molecule has 0 aliphatic carbocycles. The lowest BCUT2D eigenvalue weighted by molar-refractivity contribution is -0.0578. The average molecular weight is 391 g/mol. The molecule has 1 spiro atoms. The molecule has 9 heteroatoms. The first-order valence-electron chi connectivity index (χ1n) is 9.19. The van der Waals surface area contributed by atoms with E-state index in [-0.39, 0.29) is 11.6 Å². The minimum Gasteiger partial charge on any atom is -0.448 e. The van der Waals surface area contributed by atoms with Crippen LogP contribution in [0, 0.1) is 0 Å². The van der Waals surface area contributed by atoms with E-state index in [0.29, 0.717) is 37.6 Å². The number of carbonyl (C=O) groups excluding carboxylic acids is 2. The van der Waals surface area contributed by atoms with E-state index in [1.165, 1.54) is 6.26 Å². The van der Waals surface area contributed by atoms with Gasteiger partial charge in [-0.15, -0.1) is 0 Å². The molecule has 2 fully saturated rings. The van der Waals surface area contributed by atoms with Gasteiger partial charge in [0, 0.05) is 5.56 Å². The second kappa shape index (κ2) is 6.69. The van der Waals surface area contributed by atoms with E-state index in [4.69, 9.17) is 9.15 Å². The summed E-state index contributed by atoms with van der Waals surface area (Å²) in [5.74, 6) is 0.137. The van der Waals surface area contributed by atoms with Crippen molar-refractivity contribution in [2.45, 2.75) is 12.0 Å². The topological polar surface area (TPSA) is 110 Å². The molecule has 0 unspecified atom stereocenters. The molecule has 0 saturated carbocycles. The molecule has 4 heterocycles. The quantitative estimate of drug-likeness (QED) is 0.720. The van der Waals surface area contributed by atoms with Crippen molar-refractivity contribution in [3.8, 4) is 11.3 Å². The maximum atomic E-state index is 12.5. The van der Waals surface area contributed by atoms with Gasteiger partial charge in [0.15, 0.2) is 11.3 Å². The molecule has 0 atom stereocenters. The van der Waals surface area contributed by atoms with E-state index < -0.39 is 11.7 Å². The Morgan fingerprint density at radius 1 is 1.14 bits per heavy atom. The number of hydrogen-bond donors (Lipinski definition) is 1. The van der Waals surface area contributed by atoms with Crippen LogP contribution in [-0.4, -0.2) is 57.3 Å². The van der Waals surface area contributed by atoms with Crippen LogP contribution in [0.25, 0.3) is 11.3 Å². The highest BCUT2D eigenvalue weighted by Crippen LogP contribution is 2.29. The number of likely N-dealkylation sites (tertiary alicyclic amines) is 1. The van der Waals surface area contributed by atoms with Gasteiger partial charge in [-0.1, -0.05) is 30.3 Å². The summed E-state index contributed by atoms with van der Waals surface area (Å²) in [6, 6.07) is 13.5. The van der Waals surface area contributed by atoms with Crippen molar-refractivity contribution < 1.29 is 18.7 Å². The number of ether oxygens (including phenoxy) is 1. The van der Waals surface area contributed by atoms with Crippen molar-refractivity contribution in [3.05, 3.63) is 66.0 Å². The maximum absolute atomic E-state index is 12.5. The van der Waals surface area contributed by atoms with Crippen molar-refractivity contribution in [2.75, 3.05) is 19.6 Å². The molecule has 5 rings (SSSR count). The third kappa shape index (κ3) is 3.31. The second-order valence-corrected chi connectivity index (χ2v) is 7.17. The largest absolute Gasteiger partial charge is 0.448 e. The number of aromatic nitrogens is 3. The van der Waals surface area contributed by atoms with Gasteiger partial charge in [0.2, 0.25) is 5.89 Å². The lowest BCUT2D eigenvalue weighted by Crippen LogP contribution is -2.65. The minimum atomic E-state index is -0.602. The van der Waals surface area contributed by atoms with Crippen LogP contribution in [0.2, 0.25) is 0 Å². The van der Waals surface area contributed by atoms with E-state index in [9.17, 15) is 9.59 Å². The van der Waals surface area contributed by atoms with Crippen LogP contribution >= 0.6 is 0 Å². The Morgan fingerprint density at radius 3 is 2.66 bits per heavy atom. The van der Waals surface area contributed by atoms with Crippen molar-refractivity contribution in [3.63, 3.8) is 0 Å². The van der Waals surface area contributed by atoms with E-state index in [1.54, 1.807) is 4.90 Å². The summed E-state index contributed by atoms with van der Waals surface area (Å²) in [6.45, 7) is 1.11. The van der Waals surface area contributed by atoms with Gasteiger partial charge in [0.1, 0.15) is 6.26 Å². The summed E-state index contributed by atoms with van der Waals surface area (Å²) in [4.78, 5) is 29.6. The Bertz CT molecular complexity index is 1060. The summed E-state index contributed by atoms with van der Waals surface area (Å²) >= 11 is 0. The number of hydrogen-bond acceptors (Lipinski definition) is 7. The molecule has 1 N–H and O–H groups in total. The summed E-state index contributed by atoms with van der Waals surface area (Å²) in [5.41, 5.74) is 2.09. The molecule has 0 radical (unpaired) electrons.